The highest BCUT2D eigenvalue weighted by atomic mass is 16.6. The minimum Gasteiger partial charge on any atom is -0.400 e. The monoisotopic (exact) mass is 650 g/mol. The van der Waals surface area contributed by atoms with E-state index in [0.717, 1.165) is 35.1 Å². The van der Waals surface area contributed by atoms with Crippen molar-refractivity contribution in [3.8, 4) is 34.3 Å². The lowest BCUT2D eigenvalue weighted by atomic mass is 9.95. The molecule has 0 aliphatic rings. The van der Waals surface area contributed by atoms with Crippen LogP contribution in [0.4, 0.5) is 0 Å². The Hall–Kier alpha value is -6.56. The van der Waals surface area contributed by atoms with E-state index in [1.165, 1.54) is 0 Å². The molecule has 49 heavy (non-hydrogen) atoms. The van der Waals surface area contributed by atoms with Crippen LogP contribution in [0, 0.1) is 0 Å². The summed E-state index contributed by atoms with van der Waals surface area (Å²) in [6, 6.07) is 33.1. The summed E-state index contributed by atoms with van der Waals surface area (Å²) in [5.74, 6) is -0.195. The van der Waals surface area contributed by atoms with Crippen molar-refractivity contribution in [3.05, 3.63) is 132 Å². The molecule has 0 spiro atoms. The summed E-state index contributed by atoms with van der Waals surface area (Å²) in [6.07, 6.45) is 2.36. The molecule has 4 aromatic carbocycles. The Balaban J connectivity index is 1.38. The van der Waals surface area contributed by atoms with Gasteiger partial charge >= 0.3 is 11.9 Å². The predicted octanol–water partition coefficient (Wildman–Crippen LogP) is 6.50. The molecule has 3 heterocycles. The molecule has 7 rings (SSSR count). The smallest absolute Gasteiger partial charge is 0.344 e. The summed E-state index contributed by atoms with van der Waals surface area (Å²) in [5, 5.41) is 23.2. The zero-order valence-corrected chi connectivity index (χ0v) is 26.5. The second kappa shape index (κ2) is 14.1. The van der Waals surface area contributed by atoms with Gasteiger partial charge in [-0.3, -0.25) is 0 Å². The molecule has 0 unspecified atom stereocenters. The maximum absolute atomic E-state index is 13.3. The molecule has 242 valence electrons. The van der Waals surface area contributed by atoms with Gasteiger partial charge in [-0.05, 0) is 52.6 Å². The second-order valence-electron chi connectivity index (χ2n) is 11.2. The first kappa shape index (κ1) is 31.1. The Morgan fingerprint density at radius 2 is 1.29 bits per heavy atom. The first-order chi connectivity index (χ1) is 24.1. The van der Waals surface area contributed by atoms with E-state index in [1.807, 2.05) is 65.2 Å². The van der Waals surface area contributed by atoms with E-state index in [2.05, 4.69) is 37.7 Å². The van der Waals surface area contributed by atoms with Crippen LogP contribution in [0.15, 0.2) is 109 Å². The average Bonchev–Trinajstić information content (AvgIpc) is 3.82. The number of aryl methyl sites for hydroxylation is 1. The number of ether oxygens (including phenoxy) is 2. The number of aromatic amines is 1. The number of esters is 2. The SMILES string of the molecule is CCCCc1nc2c(OC(=O)c3ccccc3)nnc(OC(=O)c3ccccc3)c2n1Cc1ccccc1-c1ccccc1-c1nn[nH]n1. The quantitative estimate of drug-likeness (QED) is 0.154. The van der Waals surface area contributed by atoms with Gasteiger partial charge in [0.25, 0.3) is 11.8 Å². The minimum atomic E-state index is -0.613. The number of benzene rings is 4. The molecule has 1 N–H and O–H groups in total. The molecule has 0 amide bonds. The van der Waals surface area contributed by atoms with Gasteiger partial charge in [0.2, 0.25) is 5.82 Å². The van der Waals surface area contributed by atoms with Crippen LogP contribution in [0.1, 0.15) is 51.9 Å². The van der Waals surface area contributed by atoms with Crippen molar-refractivity contribution in [2.24, 2.45) is 0 Å². The van der Waals surface area contributed by atoms with Crippen LogP contribution in [0.25, 0.3) is 33.5 Å². The van der Waals surface area contributed by atoms with Crippen molar-refractivity contribution in [1.82, 2.24) is 40.4 Å². The fraction of sp³-hybridized carbons (Fsp3) is 0.135. The normalized spacial score (nSPS) is 11.0. The molecule has 0 aliphatic heterocycles. The molecule has 0 bridgehead atoms. The van der Waals surface area contributed by atoms with Gasteiger partial charge in [0.05, 0.1) is 17.7 Å². The molecule has 3 aromatic heterocycles. The van der Waals surface area contributed by atoms with Crippen LogP contribution in [-0.4, -0.2) is 52.3 Å². The Kier molecular flexibility index (Phi) is 8.91. The molecule has 0 aliphatic carbocycles. The molecule has 0 saturated heterocycles. The Morgan fingerprint density at radius 3 is 1.94 bits per heavy atom. The van der Waals surface area contributed by atoms with Crippen LogP contribution in [0.3, 0.4) is 0 Å². The van der Waals surface area contributed by atoms with Crippen LogP contribution >= 0.6 is 0 Å². The summed E-state index contributed by atoms with van der Waals surface area (Å²) in [7, 11) is 0. The Labute approximate surface area is 280 Å². The van der Waals surface area contributed by atoms with E-state index in [4.69, 9.17) is 14.5 Å². The molecule has 0 atom stereocenters. The van der Waals surface area contributed by atoms with Gasteiger partial charge in [-0.2, -0.15) is 5.21 Å². The lowest BCUT2D eigenvalue weighted by Crippen LogP contribution is -2.14. The van der Waals surface area contributed by atoms with E-state index in [1.54, 1.807) is 48.5 Å². The van der Waals surface area contributed by atoms with Crippen molar-refractivity contribution in [2.45, 2.75) is 32.7 Å². The van der Waals surface area contributed by atoms with Gasteiger partial charge in [0, 0.05) is 12.0 Å². The summed E-state index contributed by atoms with van der Waals surface area (Å²) in [5.41, 5.74) is 4.92. The highest BCUT2D eigenvalue weighted by Gasteiger charge is 2.26. The van der Waals surface area contributed by atoms with Crippen LogP contribution in [-0.2, 0) is 13.0 Å². The standard InChI is InChI=1S/C37H30N8O4/c1-2-3-22-30-38-31-32(45(30)23-26-18-10-11-19-27(26)28-20-12-13-21-29(28)33-39-43-44-40-33)35(49-37(47)25-16-8-5-9-17-25)42-41-34(31)48-36(46)24-14-6-4-7-15-24/h4-21H,2-3,22-23H2,1H3,(H,39,40,43,44). The molecule has 0 fully saturated rings. The number of tetrazole rings is 1. The fourth-order valence-corrected chi connectivity index (χ4v) is 5.61. The predicted molar refractivity (Wildman–Crippen MR) is 181 cm³/mol. The van der Waals surface area contributed by atoms with Gasteiger partial charge in [-0.15, -0.1) is 20.4 Å². The molecule has 12 nitrogen and oxygen atoms in total. The number of aromatic nitrogens is 8. The minimum absolute atomic E-state index is 0.0525. The number of carbonyl (C=O) groups excluding carboxylic acids is 2. The van der Waals surface area contributed by atoms with Gasteiger partial charge in [0.1, 0.15) is 11.3 Å². The maximum Gasteiger partial charge on any atom is 0.344 e. The second-order valence-corrected chi connectivity index (χ2v) is 11.2. The zero-order chi connectivity index (χ0) is 33.6. The van der Waals surface area contributed by atoms with Crippen LogP contribution in [0.5, 0.6) is 11.8 Å². The maximum atomic E-state index is 13.3. The third-order valence-corrected chi connectivity index (χ3v) is 7.98. The number of unbranched alkanes of at least 4 members (excludes halogenated alkanes) is 1. The van der Waals surface area contributed by atoms with Gasteiger partial charge in [-0.1, -0.05) is 98.3 Å². The lowest BCUT2D eigenvalue weighted by Gasteiger charge is -2.16. The van der Waals surface area contributed by atoms with Crippen molar-refractivity contribution >= 4 is 23.0 Å². The summed E-state index contributed by atoms with van der Waals surface area (Å²) in [6.45, 7) is 2.42. The molecule has 7 aromatic rings. The van der Waals surface area contributed by atoms with Gasteiger partial charge in [0.15, 0.2) is 5.52 Å². The molecule has 12 heteroatoms. The highest BCUT2D eigenvalue weighted by molar-refractivity contribution is 5.96. The van der Waals surface area contributed by atoms with Gasteiger partial charge < -0.3 is 14.0 Å². The Morgan fingerprint density at radius 1 is 0.694 bits per heavy atom. The van der Waals surface area contributed by atoms with Crippen molar-refractivity contribution < 1.29 is 19.1 Å². The topological polar surface area (TPSA) is 151 Å². The summed E-state index contributed by atoms with van der Waals surface area (Å²) < 4.78 is 13.6. The lowest BCUT2D eigenvalue weighted by molar-refractivity contribution is 0.0708. The van der Waals surface area contributed by atoms with Crippen molar-refractivity contribution in [3.63, 3.8) is 0 Å². The van der Waals surface area contributed by atoms with E-state index < -0.39 is 11.9 Å². The Bertz CT molecular complexity index is 2240. The van der Waals surface area contributed by atoms with Crippen molar-refractivity contribution in [2.75, 3.05) is 0 Å². The third kappa shape index (κ3) is 6.52. The summed E-state index contributed by atoms with van der Waals surface area (Å²) >= 11 is 0. The first-order valence-electron chi connectivity index (χ1n) is 15.8. The van der Waals surface area contributed by atoms with E-state index in [9.17, 15) is 9.59 Å². The van der Waals surface area contributed by atoms with E-state index in [0.29, 0.717) is 41.3 Å². The molecular weight excluding hydrogens is 620 g/mol. The first-order valence-corrected chi connectivity index (χ1v) is 15.8. The number of fused-ring (bicyclic) bond motifs is 1. The number of nitrogens with one attached hydrogen (secondary N) is 1. The number of imidazole rings is 1. The van der Waals surface area contributed by atoms with Crippen LogP contribution < -0.4 is 9.47 Å². The van der Waals surface area contributed by atoms with Gasteiger partial charge in [-0.25, -0.2) is 14.6 Å². The number of H-pyrrole nitrogens is 1. The number of hydrogen-bond donors (Lipinski definition) is 1. The zero-order valence-electron chi connectivity index (χ0n) is 26.5. The highest BCUT2D eigenvalue weighted by Crippen LogP contribution is 2.36. The number of nitrogens with zero attached hydrogens (tertiary/aromatic N) is 7. The third-order valence-electron chi connectivity index (χ3n) is 7.98. The molecule has 0 radical (unpaired) electrons. The number of hydrogen-bond acceptors (Lipinski definition) is 10. The van der Waals surface area contributed by atoms with E-state index in [-0.39, 0.29) is 17.3 Å². The fourth-order valence-electron chi connectivity index (χ4n) is 5.61. The summed E-state index contributed by atoms with van der Waals surface area (Å²) in [4.78, 5) is 31.4. The molecular formula is C37H30N8O4. The largest absolute Gasteiger partial charge is 0.400 e. The van der Waals surface area contributed by atoms with Crippen LogP contribution in [0.2, 0.25) is 0 Å². The average molecular weight is 651 g/mol. The van der Waals surface area contributed by atoms with E-state index >= 15 is 0 Å². The number of carbonyl (C=O) groups is 2. The number of rotatable bonds is 11. The molecule has 0 saturated carbocycles. The van der Waals surface area contributed by atoms with Crippen molar-refractivity contribution in [1.29, 1.82) is 0 Å².